The van der Waals surface area contributed by atoms with Gasteiger partial charge in [0.25, 0.3) is 0 Å². The van der Waals surface area contributed by atoms with Gasteiger partial charge in [-0.15, -0.1) is 0 Å². The Labute approximate surface area is 126 Å². The van der Waals surface area contributed by atoms with E-state index in [1.54, 1.807) is 0 Å². The normalized spacial score (nSPS) is 10.4. The van der Waals surface area contributed by atoms with Crippen molar-refractivity contribution in [2.45, 2.75) is 13.2 Å². The number of hydrogen-bond donors (Lipinski definition) is 1. The molecule has 0 aliphatic carbocycles. The van der Waals surface area contributed by atoms with Gasteiger partial charge in [-0.2, -0.15) is 0 Å². The average molecular weight is 336 g/mol. The molecule has 0 amide bonds. The van der Waals surface area contributed by atoms with Gasteiger partial charge in [0, 0.05) is 10.0 Å². The second-order valence-corrected chi connectivity index (χ2v) is 5.40. The smallest absolute Gasteiger partial charge is 0.104 e. The van der Waals surface area contributed by atoms with E-state index in [1.165, 1.54) is 0 Å². The van der Waals surface area contributed by atoms with Crippen LogP contribution in [0.1, 0.15) is 16.7 Å². The summed E-state index contributed by atoms with van der Waals surface area (Å²) in [6, 6.07) is 15.8. The minimum atomic E-state index is 0.403. The molecule has 0 aliphatic rings. The van der Waals surface area contributed by atoms with E-state index in [9.17, 15) is 0 Å². The van der Waals surface area contributed by atoms with Crippen LogP contribution in [0.5, 0.6) is 0 Å². The van der Waals surface area contributed by atoms with Crippen molar-refractivity contribution < 1.29 is 4.74 Å². The van der Waals surface area contributed by atoms with Crippen LogP contribution in [0.3, 0.4) is 0 Å². The lowest BCUT2D eigenvalue weighted by atomic mass is 10.1. The Balaban J connectivity index is 2.00. The maximum absolute atomic E-state index is 5.73. The van der Waals surface area contributed by atoms with Crippen molar-refractivity contribution >= 4 is 33.1 Å². The van der Waals surface area contributed by atoms with Gasteiger partial charge in [0.05, 0.1) is 13.2 Å². The molecule has 0 bridgehead atoms. The second-order valence-electron chi connectivity index (χ2n) is 4.11. The maximum Gasteiger partial charge on any atom is 0.104 e. The fraction of sp³-hybridized carbons (Fsp3) is 0.133. The monoisotopic (exact) mass is 335 g/mol. The fourth-order valence-corrected chi connectivity index (χ4v) is 2.37. The molecule has 2 N–H and O–H groups in total. The Bertz CT molecular complexity index is 586. The van der Waals surface area contributed by atoms with Crippen LogP contribution in [0.25, 0.3) is 0 Å². The van der Waals surface area contributed by atoms with E-state index in [2.05, 4.69) is 15.9 Å². The highest BCUT2D eigenvalue weighted by atomic mass is 79.9. The molecule has 0 heterocycles. The van der Waals surface area contributed by atoms with Crippen LogP contribution < -0.4 is 5.73 Å². The lowest BCUT2D eigenvalue weighted by Crippen LogP contribution is -2.12. The van der Waals surface area contributed by atoms with E-state index in [-0.39, 0.29) is 0 Å². The van der Waals surface area contributed by atoms with Crippen molar-refractivity contribution in [3.63, 3.8) is 0 Å². The minimum absolute atomic E-state index is 0.403. The molecule has 0 aromatic heterocycles. The van der Waals surface area contributed by atoms with E-state index in [0.717, 1.165) is 21.2 Å². The molecule has 0 radical (unpaired) electrons. The van der Waals surface area contributed by atoms with Crippen LogP contribution in [-0.4, -0.2) is 4.99 Å². The Hall–Kier alpha value is -1.23. The van der Waals surface area contributed by atoms with Gasteiger partial charge in [-0.1, -0.05) is 70.6 Å². The fourth-order valence-electron chi connectivity index (χ4n) is 1.77. The molecule has 0 atom stereocenters. The number of ether oxygens (including phenoxy) is 1. The number of rotatable bonds is 5. The van der Waals surface area contributed by atoms with E-state index >= 15 is 0 Å². The topological polar surface area (TPSA) is 35.2 Å². The second kappa shape index (κ2) is 6.80. The highest BCUT2D eigenvalue weighted by Crippen LogP contribution is 2.18. The van der Waals surface area contributed by atoms with Crippen LogP contribution in [-0.2, 0) is 18.0 Å². The van der Waals surface area contributed by atoms with Gasteiger partial charge in [0.15, 0.2) is 0 Å². The Morgan fingerprint density at radius 2 is 1.58 bits per heavy atom. The van der Waals surface area contributed by atoms with Crippen molar-refractivity contribution in [3.05, 3.63) is 69.7 Å². The first kappa shape index (κ1) is 14.2. The van der Waals surface area contributed by atoms with Crippen LogP contribution in [0, 0.1) is 0 Å². The molecule has 0 spiro atoms. The van der Waals surface area contributed by atoms with Gasteiger partial charge >= 0.3 is 0 Å². The third kappa shape index (κ3) is 3.86. The Morgan fingerprint density at radius 1 is 1.00 bits per heavy atom. The summed E-state index contributed by atoms with van der Waals surface area (Å²) < 4.78 is 6.79. The third-order valence-electron chi connectivity index (χ3n) is 2.76. The van der Waals surface area contributed by atoms with Crippen LogP contribution >= 0.6 is 28.1 Å². The van der Waals surface area contributed by atoms with E-state index < -0.39 is 0 Å². The molecule has 2 aromatic rings. The minimum Gasteiger partial charge on any atom is -0.389 e. The predicted octanol–water partition coefficient (Wildman–Crippen LogP) is 3.80. The molecule has 0 saturated carbocycles. The van der Waals surface area contributed by atoms with E-state index in [4.69, 9.17) is 22.7 Å². The number of nitrogens with two attached hydrogens (primary N) is 1. The lowest BCUT2D eigenvalue weighted by Gasteiger charge is -2.09. The van der Waals surface area contributed by atoms with Crippen molar-refractivity contribution in [1.29, 1.82) is 0 Å². The zero-order valence-corrected chi connectivity index (χ0v) is 12.7. The van der Waals surface area contributed by atoms with Gasteiger partial charge in [0.1, 0.15) is 4.99 Å². The van der Waals surface area contributed by atoms with Crippen molar-refractivity contribution in [2.24, 2.45) is 5.73 Å². The van der Waals surface area contributed by atoms with Gasteiger partial charge in [-0.3, -0.25) is 0 Å². The molecular formula is C15H14BrNOS. The molecular weight excluding hydrogens is 322 g/mol. The average Bonchev–Trinajstić information content (AvgIpc) is 2.41. The molecule has 2 nitrogen and oxygen atoms in total. The molecule has 4 heteroatoms. The quantitative estimate of drug-likeness (QED) is 0.844. The van der Waals surface area contributed by atoms with Gasteiger partial charge in [-0.25, -0.2) is 0 Å². The summed E-state index contributed by atoms with van der Waals surface area (Å²) in [5, 5.41) is 0. The van der Waals surface area contributed by atoms with Crippen molar-refractivity contribution in [3.8, 4) is 0 Å². The zero-order valence-electron chi connectivity index (χ0n) is 10.3. The summed E-state index contributed by atoms with van der Waals surface area (Å²) in [5.74, 6) is 0. The SMILES string of the molecule is NC(=S)c1ccccc1COCc1ccccc1Br. The molecule has 2 rings (SSSR count). The maximum atomic E-state index is 5.73. The van der Waals surface area contributed by atoms with E-state index in [0.29, 0.717) is 18.2 Å². The summed E-state index contributed by atoms with van der Waals surface area (Å²) >= 11 is 8.53. The summed E-state index contributed by atoms with van der Waals surface area (Å²) in [5.41, 5.74) is 8.71. The Kier molecular flexibility index (Phi) is 5.07. The molecule has 19 heavy (non-hydrogen) atoms. The molecule has 0 fully saturated rings. The number of halogens is 1. The van der Waals surface area contributed by atoms with Gasteiger partial charge in [-0.05, 0) is 17.2 Å². The summed E-state index contributed by atoms with van der Waals surface area (Å²) in [6.45, 7) is 1.04. The highest BCUT2D eigenvalue weighted by molar-refractivity contribution is 9.10. The first-order valence-corrected chi connectivity index (χ1v) is 7.07. The zero-order chi connectivity index (χ0) is 13.7. The number of hydrogen-bond acceptors (Lipinski definition) is 2. The number of thiocarbonyl (C=S) groups is 1. The van der Waals surface area contributed by atoms with Crippen LogP contribution in [0.2, 0.25) is 0 Å². The summed E-state index contributed by atoms with van der Waals surface area (Å²) in [6.07, 6.45) is 0. The van der Waals surface area contributed by atoms with E-state index in [1.807, 2.05) is 48.5 Å². The first-order chi connectivity index (χ1) is 9.18. The number of benzene rings is 2. The van der Waals surface area contributed by atoms with Crippen LogP contribution in [0.15, 0.2) is 53.0 Å². The molecule has 0 unspecified atom stereocenters. The molecule has 0 aliphatic heterocycles. The molecule has 98 valence electrons. The van der Waals surface area contributed by atoms with Crippen molar-refractivity contribution in [1.82, 2.24) is 0 Å². The highest BCUT2D eigenvalue weighted by Gasteiger charge is 2.05. The standard InChI is InChI=1S/C15H14BrNOS/c16-14-8-4-2-6-12(14)10-18-9-11-5-1-3-7-13(11)15(17)19/h1-8H,9-10H2,(H2,17,19). The van der Waals surface area contributed by atoms with Gasteiger partial charge in [0.2, 0.25) is 0 Å². The Morgan fingerprint density at radius 3 is 2.26 bits per heavy atom. The third-order valence-corrected chi connectivity index (χ3v) is 3.75. The molecule has 2 aromatic carbocycles. The van der Waals surface area contributed by atoms with Crippen LogP contribution in [0.4, 0.5) is 0 Å². The first-order valence-electron chi connectivity index (χ1n) is 5.87. The van der Waals surface area contributed by atoms with Gasteiger partial charge < -0.3 is 10.5 Å². The largest absolute Gasteiger partial charge is 0.389 e. The predicted molar refractivity (Wildman–Crippen MR) is 85.0 cm³/mol. The summed E-state index contributed by atoms with van der Waals surface area (Å²) in [4.78, 5) is 0.403. The molecule has 0 saturated heterocycles. The summed E-state index contributed by atoms with van der Waals surface area (Å²) in [7, 11) is 0. The lowest BCUT2D eigenvalue weighted by molar-refractivity contribution is 0.106. The van der Waals surface area contributed by atoms with Crippen molar-refractivity contribution in [2.75, 3.05) is 0 Å².